The lowest BCUT2D eigenvalue weighted by molar-refractivity contribution is 0.221. The average Bonchev–Trinajstić information content (AvgIpc) is 2.56. The number of hydrogen-bond acceptors (Lipinski definition) is 2. The van der Waals surface area contributed by atoms with Crippen molar-refractivity contribution in [3.05, 3.63) is 0 Å². The molecule has 0 radical (unpaired) electrons. The van der Waals surface area contributed by atoms with Gasteiger partial charge in [-0.05, 0) is 45.3 Å². The molecule has 1 fully saturated rings. The maximum atomic E-state index is 3.28. The van der Waals surface area contributed by atoms with Gasteiger partial charge in [-0.15, -0.1) is 0 Å². The van der Waals surface area contributed by atoms with Crippen LogP contribution >= 0.6 is 0 Å². The summed E-state index contributed by atoms with van der Waals surface area (Å²) in [4.78, 5) is 2.67. The van der Waals surface area contributed by atoms with E-state index in [0.717, 1.165) is 12.0 Å². The SMILES string of the molecule is CCC(CC)N1CCC(CNC)C1. The third-order valence-electron chi connectivity index (χ3n) is 3.27. The summed E-state index contributed by atoms with van der Waals surface area (Å²) >= 11 is 0. The molecule has 0 spiro atoms. The summed E-state index contributed by atoms with van der Waals surface area (Å²) in [5.41, 5.74) is 0. The van der Waals surface area contributed by atoms with Crippen molar-refractivity contribution in [1.82, 2.24) is 10.2 Å². The lowest BCUT2D eigenvalue weighted by Crippen LogP contribution is -2.33. The fourth-order valence-electron chi connectivity index (χ4n) is 2.45. The lowest BCUT2D eigenvalue weighted by atomic mass is 10.1. The molecule has 1 saturated heterocycles. The number of rotatable bonds is 5. The quantitative estimate of drug-likeness (QED) is 0.700. The van der Waals surface area contributed by atoms with Gasteiger partial charge in [-0.2, -0.15) is 0 Å². The Labute approximate surface area is 82.7 Å². The van der Waals surface area contributed by atoms with E-state index < -0.39 is 0 Å². The summed E-state index contributed by atoms with van der Waals surface area (Å²) in [6.45, 7) is 8.43. The molecule has 1 aliphatic rings. The second-order valence-electron chi connectivity index (χ2n) is 4.18. The Morgan fingerprint density at radius 3 is 2.62 bits per heavy atom. The van der Waals surface area contributed by atoms with Crippen LogP contribution < -0.4 is 5.32 Å². The first-order valence-electron chi connectivity index (χ1n) is 5.70. The van der Waals surface area contributed by atoms with Gasteiger partial charge in [0.25, 0.3) is 0 Å². The minimum absolute atomic E-state index is 0.835. The number of nitrogens with one attached hydrogen (secondary N) is 1. The van der Waals surface area contributed by atoms with Gasteiger partial charge in [0.1, 0.15) is 0 Å². The largest absolute Gasteiger partial charge is 0.319 e. The first-order chi connectivity index (χ1) is 6.31. The van der Waals surface area contributed by atoms with Crippen molar-refractivity contribution in [2.45, 2.75) is 39.2 Å². The summed E-state index contributed by atoms with van der Waals surface area (Å²) in [7, 11) is 2.06. The predicted molar refractivity (Wildman–Crippen MR) is 58.0 cm³/mol. The molecule has 13 heavy (non-hydrogen) atoms. The molecule has 0 saturated carbocycles. The Morgan fingerprint density at radius 2 is 2.08 bits per heavy atom. The average molecular weight is 184 g/mol. The van der Waals surface area contributed by atoms with Crippen molar-refractivity contribution in [3.63, 3.8) is 0 Å². The van der Waals surface area contributed by atoms with Crippen LogP contribution in [-0.2, 0) is 0 Å². The molecule has 1 atom stereocenters. The highest BCUT2D eigenvalue weighted by Gasteiger charge is 2.25. The summed E-state index contributed by atoms with van der Waals surface area (Å²) in [5.74, 6) is 0.894. The zero-order chi connectivity index (χ0) is 9.68. The highest BCUT2D eigenvalue weighted by Crippen LogP contribution is 2.20. The zero-order valence-corrected chi connectivity index (χ0v) is 9.34. The highest BCUT2D eigenvalue weighted by molar-refractivity contribution is 4.81. The van der Waals surface area contributed by atoms with E-state index in [1.807, 2.05) is 0 Å². The van der Waals surface area contributed by atoms with Crippen LogP contribution in [0.2, 0.25) is 0 Å². The molecule has 2 heteroatoms. The predicted octanol–water partition coefficient (Wildman–Crippen LogP) is 1.72. The molecule has 1 unspecified atom stereocenters. The van der Waals surface area contributed by atoms with Gasteiger partial charge >= 0.3 is 0 Å². The van der Waals surface area contributed by atoms with Crippen LogP contribution in [0.25, 0.3) is 0 Å². The van der Waals surface area contributed by atoms with Crippen LogP contribution in [0, 0.1) is 5.92 Å². The number of likely N-dealkylation sites (tertiary alicyclic amines) is 1. The monoisotopic (exact) mass is 184 g/mol. The maximum Gasteiger partial charge on any atom is 0.00901 e. The minimum atomic E-state index is 0.835. The van der Waals surface area contributed by atoms with Crippen LogP contribution in [-0.4, -0.2) is 37.6 Å². The van der Waals surface area contributed by atoms with Crippen LogP contribution in [0.3, 0.4) is 0 Å². The topological polar surface area (TPSA) is 15.3 Å². The van der Waals surface area contributed by atoms with Crippen molar-refractivity contribution in [2.75, 3.05) is 26.7 Å². The van der Waals surface area contributed by atoms with E-state index in [1.54, 1.807) is 0 Å². The van der Waals surface area contributed by atoms with Gasteiger partial charge in [0.2, 0.25) is 0 Å². The Morgan fingerprint density at radius 1 is 1.38 bits per heavy atom. The molecule has 2 nitrogen and oxygen atoms in total. The molecule has 0 bridgehead atoms. The molecule has 0 aromatic carbocycles. The number of hydrogen-bond donors (Lipinski definition) is 1. The number of nitrogens with zero attached hydrogens (tertiary/aromatic N) is 1. The van der Waals surface area contributed by atoms with Gasteiger partial charge in [0, 0.05) is 12.6 Å². The molecule has 0 aliphatic carbocycles. The first-order valence-corrected chi connectivity index (χ1v) is 5.70. The van der Waals surface area contributed by atoms with Crippen molar-refractivity contribution >= 4 is 0 Å². The smallest absolute Gasteiger partial charge is 0.00901 e. The van der Waals surface area contributed by atoms with Crippen molar-refractivity contribution < 1.29 is 0 Å². The molecule has 0 aromatic heterocycles. The van der Waals surface area contributed by atoms with Crippen LogP contribution in [0.15, 0.2) is 0 Å². The first kappa shape index (κ1) is 11.0. The standard InChI is InChI=1S/C11H24N2/c1-4-11(5-2)13-7-6-10(9-13)8-12-3/h10-12H,4-9H2,1-3H3. The lowest BCUT2D eigenvalue weighted by Gasteiger charge is -2.25. The molecule has 1 heterocycles. The molecule has 0 aromatic rings. The molecule has 1 rings (SSSR count). The molecular weight excluding hydrogens is 160 g/mol. The third-order valence-corrected chi connectivity index (χ3v) is 3.27. The van der Waals surface area contributed by atoms with Gasteiger partial charge in [-0.25, -0.2) is 0 Å². The zero-order valence-electron chi connectivity index (χ0n) is 9.34. The normalized spacial score (nSPS) is 24.5. The Kier molecular flexibility index (Phi) is 4.74. The Balaban J connectivity index is 2.30. The second-order valence-corrected chi connectivity index (χ2v) is 4.18. The molecule has 78 valence electrons. The fraction of sp³-hybridized carbons (Fsp3) is 1.00. The minimum Gasteiger partial charge on any atom is -0.319 e. The molecule has 1 aliphatic heterocycles. The van der Waals surface area contributed by atoms with Crippen molar-refractivity contribution in [1.29, 1.82) is 0 Å². The Hall–Kier alpha value is -0.0800. The molecular formula is C11H24N2. The van der Waals surface area contributed by atoms with E-state index in [2.05, 4.69) is 31.1 Å². The van der Waals surface area contributed by atoms with E-state index in [4.69, 9.17) is 0 Å². The van der Waals surface area contributed by atoms with Gasteiger partial charge in [-0.3, -0.25) is 0 Å². The third kappa shape index (κ3) is 2.96. The fourth-order valence-corrected chi connectivity index (χ4v) is 2.45. The van der Waals surface area contributed by atoms with Gasteiger partial charge in [0.15, 0.2) is 0 Å². The van der Waals surface area contributed by atoms with Crippen LogP contribution in [0.5, 0.6) is 0 Å². The molecule has 1 N–H and O–H groups in total. The van der Waals surface area contributed by atoms with E-state index in [0.29, 0.717) is 0 Å². The van der Waals surface area contributed by atoms with Crippen LogP contribution in [0.4, 0.5) is 0 Å². The van der Waals surface area contributed by atoms with E-state index >= 15 is 0 Å². The molecule has 0 amide bonds. The summed E-state index contributed by atoms with van der Waals surface area (Å²) in [6.07, 6.45) is 4.00. The van der Waals surface area contributed by atoms with E-state index in [1.165, 1.54) is 38.9 Å². The summed E-state index contributed by atoms with van der Waals surface area (Å²) < 4.78 is 0. The summed E-state index contributed by atoms with van der Waals surface area (Å²) in [5, 5.41) is 3.28. The maximum absolute atomic E-state index is 3.28. The van der Waals surface area contributed by atoms with Crippen molar-refractivity contribution in [2.24, 2.45) is 5.92 Å². The van der Waals surface area contributed by atoms with E-state index in [-0.39, 0.29) is 0 Å². The van der Waals surface area contributed by atoms with Gasteiger partial charge < -0.3 is 10.2 Å². The van der Waals surface area contributed by atoms with Gasteiger partial charge in [-0.1, -0.05) is 13.8 Å². The summed E-state index contributed by atoms with van der Waals surface area (Å²) in [6, 6.07) is 0.835. The van der Waals surface area contributed by atoms with Gasteiger partial charge in [0.05, 0.1) is 0 Å². The van der Waals surface area contributed by atoms with E-state index in [9.17, 15) is 0 Å². The Bertz CT molecular complexity index is 132. The van der Waals surface area contributed by atoms with Crippen molar-refractivity contribution in [3.8, 4) is 0 Å². The van der Waals surface area contributed by atoms with Crippen LogP contribution in [0.1, 0.15) is 33.1 Å². The highest BCUT2D eigenvalue weighted by atomic mass is 15.2. The second kappa shape index (κ2) is 5.61.